The molecule has 0 aliphatic rings. The third kappa shape index (κ3) is 2.99. The second-order valence-corrected chi connectivity index (χ2v) is 2.61. The monoisotopic (exact) mass is 144 g/mol. The molecule has 0 aliphatic heterocycles. The lowest BCUT2D eigenvalue weighted by molar-refractivity contribution is 0.151. The van der Waals surface area contributed by atoms with Crippen molar-refractivity contribution < 1.29 is 9.84 Å². The molecule has 2 unspecified atom stereocenters. The molecule has 2 heteroatoms. The van der Waals surface area contributed by atoms with E-state index in [1.807, 2.05) is 6.92 Å². The van der Waals surface area contributed by atoms with E-state index in [-0.39, 0.29) is 5.92 Å². The Kier molecular flexibility index (Phi) is 4.32. The van der Waals surface area contributed by atoms with Crippen LogP contribution in [0.25, 0.3) is 0 Å². The first-order valence-electron chi connectivity index (χ1n) is 3.45. The van der Waals surface area contributed by atoms with Crippen molar-refractivity contribution in [2.75, 3.05) is 13.7 Å². The summed E-state index contributed by atoms with van der Waals surface area (Å²) in [6, 6.07) is 0. The van der Waals surface area contributed by atoms with E-state index in [4.69, 9.17) is 9.84 Å². The minimum absolute atomic E-state index is 0.241. The molecular weight excluding hydrogens is 128 g/mol. The molecule has 2 atom stereocenters. The Morgan fingerprint density at radius 3 is 2.40 bits per heavy atom. The molecule has 0 fully saturated rings. The summed E-state index contributed by atoms with van der Waals surface area (Å²) in [5.74, 6) is 0.241. The summed E-state index contributed by atoms with van der Waals surface area (Å²) in [6.45, 7) is 8.07. The van der Waals surface area contributed by atoms with Crippen LogP contribution in [0, 0.1) is 5.92 Å². The first-order valence-corrected chi connectivity index (χ1v) is 3.45. The van der Waals surface area contributed by atoms with Crippen molar-refractivity contribution in [2.45, 2.75) is 20.0 Å². The van der Waals surface area contributed by atoms with Crippen LogP contribution in [0.4, 0.5) is 0 Å². The zero-order valence-corrected chi connectivity index (χ0v) is 6.92. The van der Waals surface area contributed by atoms with Crippen molar-refractivity contribution in [3.8, 4) is 0 Å². The molecule has 1 N–H and O–H groups in total. The smallest absolute Gasteiger partial charge is 0.0722 e. The molecule has 0 amide bonds. The quantitative estimate of drug-likeness (QED) is 0.601. The number of ether oxygens (including phenoxy) is 1. The van der Waals surface area contributed by atoms with E-state index in [9.17, 15) is 0 Å². The van der Waals surface area contributed by atoms with Crippen LogP contribution in [0.2, 0.25) is 0 Å². The summed E-state index contributed by atoms with van der Waals surface area (Å²) in [5.41, 5.74) is 0.835. The van der Waals surface area contributed by atoms with Gasteiger partial charge in [-0.3, -0.25) is 0 Å². The van der Waals surface area contributed by atoms with E-state index >= 15 is 0 Å². The maximum atomic E-state index is 9.06. The highest BCUT2D eigenvalue weighted by Gasteiger charge is 2.09. The molecule has 0 aromatic rings. The molecule has 2 nitrogen and oxygen atoms in total. The third-order valence-electron chi connectivity index (χ3n) is 1.59. The first kappa shape index (κ1) is 9.66. The number of hydrogen-bond acceptors (Lipinski definition) is 2. The molecule has 60 valence electrons. The molecule has 0 bridgehead atoms. The molecule has 0 spiro atoms. The summed E-state index contributed by atoms with van der Waals surface area (Å²) in [4.78, 5) is 0. The van der Waals surface area contributed by atoms with Crippen molar-refractivity contribution in [1.82, 2.24) is 0 Å². The fraction of sp³-hybridized carbons (Fsp3) is 0.750. The van der Waals surface area contributed by atoms with E-state index in [1.54, 1.807) is 14.0 Å². The van der Waals surface area contributed by atoms with E-state index in [1.165, 1.54) is 0 Å². The van der Waals surface area contributed by atoms with Crippen LogP contribution < -0.4 is 0 Å². The Hall–Kier alpha value is -0.340. The number of methoxy groups -OCH3 is 1. The Morgan fingerprint density at radius 1 is 1.60 bits per heavy atom. The summed E-state index contributed by atoms with van der Waals surface area (Å²) in [7, 11) is 1.64. The normalized spacial score (nSPS) is 16.4. The number of rotatable bonds is 4. The highest BCUT2D eigenvalue weighted by molar-refractivity contribution is 5.03. The average molecular weight is 144 g/mol. The Bertz CT molecular complexity index is 108. The van der Waals surface area contributed by atoms with Gasteiger partial charge >= 0.3 is 0 Å². The van der Waals surface area contributed by atoms with Crippen molar-refractivity contribution in [2.24, 2.45) is 5.92 Å². The van der Waals surface area contributed by atoms with Crippen LogP contribution in [-0.4, -0.2) is 24.9 Å². The van der Waals surface area contributed by atoms with Gasteiger partial charge in [-0.2, -0.15) is 0 Å². The zero-order chi connectivity index (χ0) is 8.15. The fourth-order valence-electron chi connectivity index (χ4n) is 0.769. The highest BCUT2D eigenvalue weighted by Crippen LogP contribution is 2.11. The molecule has 0 aromatic carbocycles. The fourth-order valence-corrected chi connectivity index (χ4v) is 0.769. The van der Waals surface area contributed by atoms with Gasteiger partial charge in [-0.05, 0) is 12.5 Å². The predicted octanol–water partition coefficient (Wildman–Crippen LogP) is 1.21. The van der Waals surface area contributed by atoms with Gasteiger partial charge in [-0.25, -0.2) is 0 Å². The minimum atomic E-state index is -0.426. The van der Waals surface area contributed by atoms with Crippen molar-refractivity contribution in [3.63, 3.8) is 0 Å². The maximum Gasteiger partial charge on any atom is 0.0722 e. The van der Waals surface area contributed by atoms with Crippen LogP contribution in [-0.2, 0) is 4.74 Å². The van der Waals surface area contributed by atoms with Gasteiger partial charge in [0.2, 0.25) is 0 Å². The highest BCUT2D eigenvalue weighted by atomic mass is 16.5. The molecule has 0 saturated heterocycles. The van der Waals surface area contributed by atoms with E-state index in [0.717, 1.165) is 5.57 Å². The summed E-state index contributed by atoms with van der Waals surface area (Å²) in [5, 5.41) is 9.06. The van der Waals surface area contributed by atoms with E-state index in [0.29, 0.717) is 6.61 Å². The average Bonchev–Trinajstić information content (AvgIpc) is 1.87. The summed E-state index contributed by atoms with van der Waals surface area (Å²) < 4.78 is 4.90. The topological polar surface area (TPSA) is 29.5 Å². The molecule has 10 heavy (non-hydrogen) atoms. The second kappa shape index (κ2) is 4.47. The predicted molar refractivity (Wildman–Crippen MR) is 41.9 cm³/mol. The van der Waals surface area contributed by atoms with Crippen LogP contribution in [0.5, 0.6) is 0 Å². The Labute approximate surface area is 62.5 Å². The molecule has 0 aromatic heterocycles. The molecule has 0 radical (unpaired) electrons. The molecule has 0 saturated carbocycles. The molecule has 0 heterocycles. The molecule has 0 aliphatic carbocycles. The Balaban J connectivity index is 3.71. The van der Waals surface area contributed by atoms with Gasteiger partial charge in [0.1, 0.15) is 0 Å². The lowest BCUT2D eigenvalue weighted by Gasteiger charge is -2.15. The van der Waals surface area contributed by atoms with Gasteiger partial charge in [0.05, 0.1) is 12.7 Å². The van der Waals surface area contributed by atoms with Crippen LogP contribution in [0.1, 0.15) is 13.8 Å². The van der Waals surface area contributed by atoms with Gasteiger partial charge in [0, 0.05) is 13.0 Å². The second-order valence-electron chi connectivity index (χ2n) is 2.61. The Morgan fingerprint density at radius 2 is 2.10 bits per heavy atom. The van der Waals surface area contributed by atoms with E-state index < -0.39 is 6.10 Å². The lowest BCUT2D eigenvalue weighted by atomic mass is 10.00. The third-order valence-corrected chi connectivity index (χ3v) is 1.59. The van der Waals surface area contributed by atoms with Gasteiger partial charge in [0.25, 0.3) is 0 Å². The lowest BCUT2D eigenvalue weighted by Crippen LogP contribution is -2.15. The van der Waals surface area contributed by atoms with Crippen LogP contribution >= 0.6 is 0 Å². The molecular formula is C8H16O2. The number of aliphatic hydroxyl groups excluding tert-OH is 1. The van der Waals surface area contributed by atoms with Crippen LogP contribution in [0.3, 0.4) is 0 Å². The van der Waals surface area contributed by atoms with Crippen molar-refractivity contribution in [1.29, 1.82) is 0 Å². The summed E-state index contributed by atoms with van der Waals surface area (Å²) >= 11 is 0. The van der Waals surface area contributed by atoms with Gasteiger partial charge in [-0.1, -0.05) is 13.5 Å². The number of aliphatic hydroxyl groups is 1. The van der Waals surface area contributed by atoms with Gasteiger partial charge in [-0.15, -0.1) is 0 Å². The van der Waals surface area contributed by atoms with Crippen molar-refractivity contribution in [3.05, 3.63) is 12.2 Å². The van der Waals surface area contributed by atoms with E-state index in [2.05, 4.69) is 6.58 Å². The van der Waals surface area contributed by atoms with Crippen LogP contribution in [0.15, 0.2) is 12.2 Å². The van der Waals surface area contributed by atoms with Crippen molar-refractivity contribution >= 4 is 0 Å². The SMILES string of the molecule is C=C(C(C)O)C(C)COC. The van der Waals surface area contributed by atoms with Gasteiger partial charge in [0.15, 0.2) is 0 Å². The molecule has 0 rings (SSSR count). The maximum absolute atomic E-state index is 9.06. The minimum Gasteiger partial charge on any atom is -0.389 e. The zero-order valence-electron chi connectivity index (χ0n) is 6.92. The largest absolute Gasteiger partial charge is 0.389 e. The number of hydrogen-bond donors (Lipinski definition) is 1. The summed E-state index contributed by atoms with van der Waals surface area (Å²) in [6.07, 6.45) is -0.426. The first-order chi connectivity index (χ1) is 4.59. The standard InChI is InChI=1S/C8H16O2/c1-6(5-10-4)7(2)8(3)9/h6,8-9H,2,5H2,1,3-4H3. The van der Waals surface area contributed by atoms with Gasteiger partial charge < -0.3 is 9.84 Å².